The predicted octanol–water partition coefficient (Wildman–Crippen LogP) is 1.03. The molecule has 98 valence electrons. The molecule has 4 N–H and O–H groups in total. The third-order valence-corrected chi connectivity index (χ3v) is 2.62. The van der Waals surface area contributed by atoms with Crippen molar-refractivity contribution >= 4 is 17.5 Å². The van der Waals surface area contributed by atoms with E-state index < -0.39 is 5.91 Å². The third kappa shape index (κ3) is 4.18. The number of nitrogens with one attached hydrogen (secondary N) is 2. The van der Waals surface area contributed by atoms with Gasteiger partial charge in [0.15, 0.2) is 0 Å². The van der Waals surface area contributed by atoms with E-state index in [4.69, 9.17) is 5.73 Å². The van der Waals surface area contributed by atoms with Crippen LogP contribution in [0.5, 0.6) is 0 Å². The van der Waals surface area contributed by atoms with Crippen molar-refractivity contribution < 1.29 is 9.59 Å². The molecule has 0 aliphatic rings. The van der Waals surface area contributed by atoms with Crippen molar-refractivity contribution in [1.29, 1.82) is 0 Å². The van der Waals surface area contributed by atoms with E-state index in [1.165, 1.54) is 0 Å². The fourth-order valence-corrected chi connectivity index (χ4v) is 1.61. The zero-order chi connectivity index (χ0) is 13.5. The van der Waals surface area contributed by atoms with Gasteiger partial charge in [-0.1, -0.05) is 6.07 Å². The minimum atomic E-state index is -0.487. The summed E-state index contributed by atoms with van der Waals surface area (Å²) in [6.45, 7) is 2.60. The maximum absolute atomic E-state index is 11.6. The summed E-state index contributed by atoms with van der Waals surface area (Å²) in [5.41, 5.74) is 7.09. The largest absolute Gasteiger partial charge is 0.366 e. The molecule has 1 aromatic rings. The maximum atomic E-state index is 11.6. The van der Waals surface area contributed by atoms with Crippen LogP contribution < -0.4 is 16.4 Å². The van der Waals surface area contributed by atoms with E-state index in [9.17, 15) is 9.59 Å². The Morgan fingerprint density at radius 1 is 1.33 bits per heavy atom. The summed E-state index contributed by atoms with van der Waals surface area (Å²) in [5.74, 6) is -0.552. The number of carbonyl (C=O) groups is 2. The molecule has 0 radical (unpaired) electrons. The third-order valence-electron chi connectivity index (χ3n) is 2.62. The number of aryl methyl sites for hydroxylation is 1. The number of carbonyl (C=O) groups excluding carboxylic acids is 2. The average Bonchev–Trinajstić information content (AvgIpc) is 2.31. The lowest BCUT2D eigenvalue weighted by Gasteiger charge is -2.08. The van der Waals surface area contributed by atoms with Gasteiger partial charge in [-0.15, -0.1) is 0 Å². The Kier molecular flexibility index (Phi) is 5.32. The predicted molar refractivity (Wildman–Crippen MR) is 71.5 cm³/mol. The first-order valence-electron chi connectivity index (χ1n) is 5.89. The smallest absolute Gasteiger partial charge is 0.249 e. The Balaban J connectivity index is 2.65. The van der Waals surface area contributed by atoms with Crippen LogP contribution in [0.25, 0.3) is 0 Å². The van der Waals surface area contributed by atoms with Gasteiger partial charge in [0.25, 0.3) is 0 Å². The highest BCUT2D eigenvalue weighted by molar-refractivity contribution is 5.97. The van der Waals surface area contributed by atoms with Crippen molar-refractivity contribution in [2.45, 2.75) is 19.8 Å². The van der Waals surface area contributed by atoms with Crippen molar-refractivity contribution in [3.8, 4) is 0 Å². The summed E-state index contributed by atoms with van der Waals surface area (Å²) < 4.78 is 0. The topological polar surface area (TPSA) is 84.2 Å². The summed E-state index contributed by atoms with van der Waals surface area (Å²) >= 11 is 0. The Labute approximate surface area is 107 Å². The van der Waals surface area contributed by atoms with Gasteiger partial charge in [-0.3, -0.25) is 9.59 Å². The molecule has 0 bridgehead atoms. The first kappa shape index (κ1) is 14.2. The van der Waals surface area contributed by atoms with Gasteiger partial charge in [0.1, 0.15) is 0 Å². The van der Waals surface area contributed by atoms with E-state index >= 15 is 0 Å². The van der Waals surface area contributed by atoms with Crippen molar-refractivity contribution in [2.75, 3.05) is 18.9 Å². The Bertz CT molecular complexity index is 444. The molecule has 5 nitrogen and oxygen atoms in total. The molecule has 5 heteroatoms. The van der Waals surface area contributed by atoms with Crippen molar-refractivity contribution in [3.05, 3.63) is 29.3 Å². The number of amides is 2. The number of benzene rings is 1. The monoisotopic (exact) mass is 249 g/mol. The molecule has 0 saturated heterocycles. The van der Waals surface area contributed by atoms with E-state index in [1.807, 2.05) is 7.05 Å². The number of primary amides is 1. The van der Waals surface area contributed by atoms with Gasteiger partial charge in [-0.05, 0) is 44.6 Å². The summed E-state index contributed by atoms with van der Waals surface area (Å²) in [6.07, 6.45) is 1.22. The van der Waals surface area contributed by atoms with Gasteiger partial charge >= 0.3 is 0 Å². The molecule has 1 rings (SSSR count). The van der Waals surface area contributed by atoms with Gasteiger partial charge in [-0.2, -0.15) is 0 Å². The first-order valence-corrected chi connectivity index (χ1v) is 5.89. The van der Waals surface area contributed by atoms with E-state index in [-0.39, 0.29) is 5.91 Å². The molecule has 0 fully saturated rings. The highest BCUT2D eigenvalue weighted by Gasteiger charge is 2.07. The van der Waals surface area contributed by atoms with E-state index in [1.54, 1.807) is 25.1 Å². The van der Waals surface area contributed by atoms with Crippen molar-refractivity contribution in [3.63, 3.8) is 0 Å². The van der Waals surface area contributed by atoms with Crippen LogP contribution in [-0.4, -0.2) is 25.4 Å². The van der Waals surface area contributed by atoms with Crippen LogP contribution in [0.15, 0.2) is 18.2 Å². The lowest BCUT2D eigenvalue weighted by atomic mass is 10.1. The maximum Gasteiger partial charge on any atom is 0.249 e. The normalized spacial score (nSPS) is 10.1. The Morgan fingerprint density at radius 2 is 2.06 bits per heavy atom. The van der Waals surface area contributed by atoms with Crippen LogP contribution in [0, 0.1) is 6.92 Å². The quantitative estimate of drug-likeness (QED) is 0.658. The van der Waals surface area contributed by atoms with Gasteiger partial charge in [0.2, 0.25) is 11.8 Å². The minimum Gasteiger partial charge on any atom is -0.366 e. The number of hydrogen-bond acceptors (Lipinski definition) is 3. The van der Waals surface area contributed by atoms with E-state index in [0.29, 0.717) is 17.7 Å². The van der Waals surface area contributed by atoms with Crippen LogP contribution in [0.3, 0.4) is 0 Å². The van der Waals surface area contributed by atoms with Crippen LogP contribution in [0.4, 0.5) is 5.69 Å². The molecule has 18 heavy (non-hydrogen) atoms. The fraction of sp³-hybridized carbons (Fsp3) is 0.385. The molecule has 1 aromatic carbocycles. The molecule has 0 aliphatic heterocycles. The molecule has 2 amide bonds. The summed E-state index contributed by atoms with van der Waals surface area (Å²) in [6, 6.07) is 5.13. The number of anilines is 1. The lowest BCUT2D eigenvalue weighted by molar-refractivity contribution is -0.116. The number of hydrogen-bond donors (Lipinski definition) is 3. The van der Waals surface area contributed by atoms with Crippen molar-refractivity contribution in [2.24, 2.45) is 5.73 Å². The molecule has 0 aromatic heterocycles. The van der Waals surface area contributed by atoms with Gasteiger partial charge in [0.05, 0.1) is 0 Å². The summed E-state index contributed by atoms with van der Waals surface area (Å²) in [4.78, 5) is 22.8. The van der Waals surface area contributed by atoms with Gasteiger partial charge < -0.3 is 16.4 Å². The van der Waals surface area contributed by atoms with Crippen molar-refractivity contribution in [1.82, 2.24) is 5.32 Å². The SMILES string of the molecule is CNCCCC(=O)Nc1ccc(C)c(C(N)=O)c1. The lowest BCUT2D eigenvalue weighted by Crippen LogP contribution is -2.17. The molecule has 0 unspecified atom stereocenters. The molecule has 0 aliphatic carbocycles. The van der Waals surface area contributed by atoms with Gasteiger partial charge in [0, 0.05) is 17.7 Å². The van der Waals surface area contributed by atoms with Crippen LogP contribution >= 0.6 is 0 Å². The van der Waals surface area contributed by atoms with Gasteiger partial charge in [-0.25, -0.2) is 0 Å². The molecular formula is C13H19N3O2. The first-order chi connectivity index (χ1) is 8.54. The second kappa shape index (κ2) is 6.76. The molecule has 0 saturated carbocycles. The standard InChI is InChI=1S/C13H19N3O2/c1-9-5-6-10(8-11(9)13(14)18)16-12(17)4-3-7-15-2/h5-6,8,15H,3-4,7H2,1-2H3,(H2,14,18)(H,16,17). The molecule has 0 atom stereocenters. The average molecular weight is 249 g/mol. The number of nitrogens with two attached hydrogens (primary N) is 1. The molecule has 0 heterocycles. The second-order valence-electron chi connectivity index (χ2n) is 4.15. The van der Waals surface area contributed by atoms with Crippen LogP contribution in [0.1, 0.15) is 28.8 Å². The Hall–Kier alpha value is -1.88. The van der Waals surface area contributed by atoms with E-state index in [2.05, 4.69) is 10.6 Å². The second-order valence-corrected chi connectivity index (χ2v) is 4.15. The zero-order valence-corrected chi connectivity index (χ0v) is 10.7. The van der Waals surface area contributed by atoms with Crippen LogP contribution in [0.2, 0.25) is 0 Å². The highest BCUT2D eigenvalue weighted by atomic mass is 16.2. The van der Waals surface area contributed by atoms with Crippen LogP contribution in [-0.2, 0) is 4.79 Å². The number of rotatable bonds is 6. The summed E-state index contributed by atoms with van der Waals surface area (Å²) in [5, 5.41) is 5.73. The molecular weight excluding hydrogens is 230 g/mol. The Morgan fingerprint density at radius 3 is 2.67 bits per heavy atom. The fourth-order valence-electron chi connectivity index (χ4n) is 1.61. The minimum absolute atomic E-state index is 0.0653. The zero-order valence-electron chi connectivity index (χ0n) is 10.7. The van der Waals surface area contributed by atoms with E-state index in [0.717, 1.165) is 18.5 Å². The summed E-state index contributed by atoms with van der Waals surface area (Å²) in [7, 11) is 1.84. The molecule has 0 spiro atoms. The highest BCUT2D eigenvalue weighted by Crippen LogP contribution is 2.15.